The fourth-order valence-corrected chi connectivity index (χ4v) is 0.883. The number of rotatable bonds is 4. The fraction of sp³-hybridized carbons (Fsp3) is 0.125. The van der Waals surface area contributed by atoms with E-state index in [0.29, 0.717) is 17.8 Å². The van der Waals surface area contributed by atoms with Crippen molar-refractivity contribution in [3.05, 3.63) is 34.4 Å². The average Bonchev–Trinajstić information content (AvgIpc) is 2.18. The van der Waals surface area contributed by atoms with Crippen LogP contribution >= 0.6 is 0 Å². The van der Waals surface area contributed by atoms with Gasteiger partial charge in [0.05, 0.1) is 7.11 Å². The van der Waals surface area contributed by atoms with Crippen LogP contribution in [-0.4, -0.2) is 18.4 Å². The Morgan fingerprint density at radius 1 is 1.57 bits per heavy atom. The van der Waals surface area contributed by atoms with Gasteiger partial charge >= 0.3 is 6.34 Å². The smallest absolute Gasteiger partial charge is 0.352 e. The predicted octanol–water partition coefficient (Wildman–Crippen LogP) is 1.33. The van der Waals surface area contributed by atoms with Crippen LogP contribution in [0.15, 0.2) is 29.4 Å². The molecule has 6 heteroatoms. The maximum absolute atomic E-state index is 9.93. The summed E-state index contributed by atoms with van der Waals surface area (Å²) in [5.41, 5.74) is 3.08. The molecule has 0 aliphatic heterocycles. The summed E-state index contributed by atoms with van der Waals surface area (Å²) in [5, 5.41) is 13.3. The summed E-state index contributed by atoms with van der Waals surface area (Å²) in [6, 6.07) is 6.99. The zero-order valence-electron chi connectivity index (χ0n) is 7.51. The van der Waals surface area contributed by atoms with Crippen molar-refractivity contribution in [1.29, 1.82) is 0 Å². The molecule has 0 amide bonds. The van der Waals surface area contributed by atoms with E-state index in [0.717, 1.165) is 0 Å². The zero-order valence-corrected chi connectivity index (χ0v) is 7.51. The van der Waals surface area contributed by atoms with Gasteiger partial charge in [-0.15, -0.1) is 0 Å². The van der Waals surface area contributed by atoms with Crippen LogP contribution in [0.2, 0.25) is 0 Å². The first kappa shape index (κ1) is 9.97. The number of para-hydroxylation sites is 2. The molecule has 0 fully saturated rings. The molecule has 0 radical (unpaired) electrons. The number of hydrogen-bond acceptors (Lipinski definition) is 5. The Kier molecular flexibility index (Phi) is 3.42. The first-order chi connectivity index (χ1) is 6.74. The Hall–Kier alpha value is -2.11. The molecular weight excluding hydrogens is 186 g/mol. The number of nitro groups is 1. The normalized spacial score (nSPS) is 10.1. The molecule has 1 rings (SSSR count). The number of methoxy groups -OCH3 is 1. The molecule has 0 spiro atoms. The minimum absolute atomic E-state index is 0.576. The van der Waals surface area contributed by atoms with Gasteiger partial charge in [0.25, 0.3) is 0 Å². The molecular formula is C8H9N3O3. The van der Waals surface area contributed by atoms with Gasteiger partial charge in [-0.2, -0.15) is 5.43 Å². The van der Waals surface area contributed by atoms with Crippen LogP contribution < -0.4 is 10.2 Å². The molecule has 6 nitrogen and oxygen atoms in total. The Labute approximate surface area is 80.3 Å². The molecule has 0 heterocycles. The van der Waals surface area contributed by atoms with Crippen molar-refractivity contribution in [3.8, 4) is 5.75 Å². The van der Waals surface area contributed by atoms with E-state index in [4.69, 9.17) is 4.74 Å². The van der Waals surface area contributed by atoms with Crippen molar-refractivity contribution in [1.82, 2.24) is 0 Å². The second kappa shape index (κ2) is 4.80. The third kappa shape index (κ3) is 2.74. The summed E-state index contributed by atoms with van der Waals surface area (Å²) in [4.78, 5) is 9.28. The maximum Gasteiger partial charge on any atom is 0.352 e. The van der Waals surface area contributed by atoms with E-state index in [2.05, 4.69) is 10.5 Å². The Morgan fingerprint density at radius 3 is 2.93 bits per heavy atom. The number of ether oxygens (including phenoxy) is 1. The molecule has 0 aliphatic carbocycles. The van der Waals surface area contributed by atoms with E-state index in [9.17, 15) is 10.1 Å². The fourth-order valence-electron chi connectivity index (χ4n) is 0.883. The number of nitrogens with zero attached hydrogens (tertiary/aromatic N) is 2. The molecule has 0 bridgehead atoms. The summed E-state index contributed by atoms with van der Waals surface area (Å²) in [6.45, 7) is 0. The lowest BCUT2D eigenvalue weighted by Gasteiger charge is -2.02. The Morgan fingerprint density at radius 2 is 2.29 bits per heavy atom. The van der Waals surface area contributed by atoms with Crippen molar-refractivity contribution in [3.63, 3.8) is 0 Å². The quantitative estimate of drug-likeness (QED) is 0.340. The highest BCUT2D eigenvalue weighted by atomic mass is 16.6. The van der Waals surface area contributed by atoms with Crippen LogP contribution in [0.25, 0.3) is 0 Å². The van der Waals surface area contributed by atoms with E-state index in [-0.39, 0.29) is 0 Å². The van der Waals surface area contributed by atoms with Gasteiger partial charge in [0.1, 0.15) is 11.4 Å². The second-order valence-electron chi connectivity index (χ2n) is 2.34. The van der Waals surface area contributed by atoms with Gasteiger partial charge in [-0.1, -0.05) is 12.1 Å². The lowest BCUT2D eigenvalue weighted by molar-refractivity contribution is -0.339. The molecule has 0 saturated carbocycles. The number of nitrogens with one attached hydrogen (secondary N) is 1. The van der Waals surface area contributed by atoms with Gasteiger partial charge in [-0.05, 0) is 17.1 Å². The van der Waals surface area contributed by atoms with Crippen molar-refractivity contribution < 1.29 is 9.66 Å². The maximum atomic E-state index is 9.93. The van der Waals surface area contributed by atoms with Gasteiger partial charge in [-0.25, -0.2) is 0 Å². The Bertz CT molecular complexity index is 351. The molecule has 0 saturated heterocycles. The van der Waals surface area contributed by atoms with Crippen molar-refractivity contribution in [2.24, 2.45) is 5.10 Å². The molecule has 74 valence electrons. The minimum atomic E-state index is -0.650. The number of anilines is 1. The highest BCUT2D eigenvalue weighted by Crippen LogP contribution is 2.22. The molecule has 0 unspecified atom stereocenters. The van der Waals surface area contributed by atoms with Crippen molar-refractivity contribution in [2.75, 3.05) is 12.5 Å². The molecule has 1 N–H and O–H groups in total. The molecule has 1 aromatic carbocycles. The van der Waals surface area contributed by atoms with E-state index in [1.807, 2.05) is 0 Å². The molecule has 14 heavy (non-hydrogen) atoms. The minimum Gasteiger partial charge on any atom is -0.494 e. The van der Waals surface area contributed by atoms with E-state index < -0.39 is 4.92 Å². The number of benzene rings is 1. The van der Waals surface area contributed by atoms with Gasteiger partial charge in [0.15, 0.2) is 0 Å². The SMILES string of the molecule is COc1ccccc1N/N=C\[N+](=O)[O-]. The van der Waals surface area contributed by atoms with Crippen molar-refractivity contribution in [2.45, 2.75) is 0 Å². The van der Waals surface area contributed by atoms with Crippen LogP contribution in [0.5, 0.6) is 5.75 Å². The van der Waals surface area contributed by atoms with Crippen LogP contribution in [0.4, 0.5) is 5.69 Å². The topological polar surface area (TPSA) is 76.8 Å². The van der Waals surface area contributed by atoms with E-state index in [1.165, 1.54) is 7.11 Å². The zero-order chi connectivity index (χ0) is 10.4. The average molecular weight is 195 g/mol. The monoisotopic (exact) mass is 195 g/mol. The number of hydrazone groups is 1. The molecule has 1 aromatic rings. The van der Waals surface area contributed by atoms with Gasteiger partial charge < -0.3 is 14.9 Å². The van der Waals surface area contributed by atoms with Gasteiger partial charge in [0.2, 0.25) is 0 Å². The van der Waals surface area contributed by atoms with E-state index >= 15 is 0 Å². The first-order valence-electron chi connectivity index (χ1n) is 3.79. The lowest BCUT2D eigenvalue weighted by atomic mass is 10.3. The third-order valence-electron chi connectivity index (χ3n) is 1.44. The third-order valence-corrected chi connectivity index (χ3v) is 1.44. The summed E-state index contributed by atoms with van der Waals surface area (Å²) in [7, 11) is 1.51. The van der Waals surface area contributed by atoms with Crippen LogP contribution in [0.1, 0.15) is 0 Å². The largest absolute Gasteiger partial charge is 0.494 e. The van der Waals surface area contributed by atoms with Crippen molar-refractivity contribution >= 4 is 12.0 Å². The highest BCUT2D eigenvalue weighted by molar-refractivity contribution is 5.57. The first-order valence-corrected chi connectivity index (χ1v) is 3.79. The Balaban J connectivity index is 2.71. The van der Waals surface area contributed by atoms with Crippen LogP contribution in [-0.2, 0) is 0 Å². The van der Waals surface area contributed by atoms with E-state index in [1.54, 1.807) is 24.3 Å². The molecule has 0 aliphatic rings. The highest BCUT2D eigenvalue weighted by Gasteiger charge is 2.00. The lowest BCUT2D eigenvalue weighted by Crippen LogP contribution is -1.98. The molecule has 0 atom stereocenters. The second-order valence-corrected chi connectivity index (χ2v) is 2.34. The summed E-state index contributed by atoms with van der Waals surface area (Å²) >= 11 is 0. The predicted molar refractivity (Wildman–Crippen MR) is 52.1 cm³/mol. The van der Waals surface area contributed by atoms with Gasteiger partial charge in [-0.3, -0.25) is 0 Å². The van der Waals surface area contributed by atoms with Crippen LogP contribution in [0.3, 0.4) is 0 Å². The summed E-state index contributed by atoms with van der Waals surface area (Å²) < 4.78 is 5.00. The number of hydrogen-bond donors (Lipinski definition) is 1. The summed E-state index contributed by atoms with van der Waals surface area (Å²) in [5.74, 6) is 0.577. The summed E-state index contributed by atoms with van der Waals surface area (Å²) in [6.07, 6.45) is 0.576. The van der Waals surface area contributed by atoms with Gasteiger partial charge in [0, 0.05) is 5.10 Å². The standard InChI is InChI=1S/C8H9N3O3/c1-14-8-5-3-2-4-7(8)10-9-6-11(12)13/h2-6,10H,1H3/b9-6-. The molecule has 0 aromatic heterocycles. The van der Waals surface area contributed by atoms with Crippen LogP contribution in [0, 0.1) is 10.1 Å².